The summed E-state index contributed by atoms with van der Waals surface area (Å²) in [5.41, 5.74) is 1.25. The van der Waals surface area contributed by atoms with Crippen molar-refractivity contribution in [3.8, 4) is 0 Å². The predicted molar refractivity (Wildman–Crippen MR) is 70.0 cm³/mol. The van der Waals surface area contributed by atoms with E-state index in [1.54, 1.807) is 11.3 Å². The van der Waals surface area contributed by atoms with E-state index in [0.29, 0.717) is 6.04 Å². The normalized spacial score (nSPS) is 19.2. The molecule has 3 heteroatoms. The molecule has 0 radical (unpaired) electrons. The molecular formula is C13H22N2S. The molecule has 90 valence electrons. The Morgan fingerprint density at radius 3 is 2.62 bits per heavy atom. The second kappa shape index (κ2) is 5.28. The molecule has 1 fully saturated rings. The Kier molecular flexibility index (Phi) is 3.98. The first-order valence-corrected chi connectivity index (χ1v) is 7.15. The van der Waals surface area contributed by atoms with Crippen LogP contribution in [0, 0.1) is 19.8 Å². The lowest BCUT2D eigenvalue weighted by molar-refractivity contribution is 0.448. The van der Waals surface area contributed by atoms with Crippen LogP contribution in [-0.4, -0.2) is 11.5 Å². The van der Waals surface area contributed by atoms with Crippen LogP contribution in [0.1, 0.15) is 54.2 Å². The van der Waals surface area contributed by atoms with Crippen molar-refractivity contribution >= 4 is 11.3 Å². The van der Waals surface area contributed by atoms with E-state index in [2.05, 4.69) is 31.1 Å². The summed E-state index contributed by atoms with van der Waals surface area (Å²) in [6.07, 6.45) is 5.68. The van der Waals surface area contributed by atoms with E-state index < -0.39 is 0 Å². The fourth-order valence-corrected chi connectivity index (χ4v) is 3.52. The van der Waals surface area contributed by atoms with Crippen LogP contribution in [0.15, 0.2) is 0 Å². The molecule has 1 aliphatic rings. The predicted octanol–water partition coefficient (Wildman–Crippen LogP) is 3.60. The summed E-state index contributed by atoms with van der Waals surface area (Å²) in [5, 5.41) is 4.82. The minimum atomic E-state index is 0.408. The van der Waals surface area contributed by atoms with Gasteiger partial charge in [0.1, 0.15) is 0 Å². The smallest absolute Gasteiger partial charge is 0.0900 e. The number of rotatable bonds is 4. The van der Waals surface area contributed by atoms with Crippen LogP contribution in [-0.2, 0) is 0 Å². The number of aromatic nitrogens is 1. The van der Waals surface area contributed by atoms with Gasteiger partial charge < -0.3 is 5.32 Å². The van der Waals surface area contributed by atoms with Crippen molar-refractivity contribution in [1.29, 1.82) is 0 Å². The minimum Gasteiger partial charge on any atom is -0.309 e. The lowest BCUT2D eigenvalue weighted by Gasteiger charge is -2.16. The highest BCUT2D eigenvalue weighted by Gasteiger charge is 2.17. The van der Waals surface area contributed by atoms with E-state index >= 15 is 0 Å². The Hall–Kier alpha value is -0.410. The lowest BCUT2D eigenvalue weighted by Crippen LogP contribution is -2.25. The highest BCUT2D eigenvalue weighted by molar-refractivity contribution is 7.11. The third kappa shape index (κ3) is 2.83. The van der Waals surface area contributed by atoms with Crippen LogP contribution in [0.3, 0.4) is 0 Å². The summed E-state index contributed by atoms with van der Waals surface area (Å²) in [6, 6.07) is 0.408. The zero-order valence-corrected chi connectivity index (χ0v) is 11.4. The van der Waals surface area contributed by atoms with E-state index in [1.165, 1.54) is 41.3 Å². The summed E-state index contributed by atoms with van der Waals surface area (Å²) in [4.78, 5) is 5.98. The molecule has 2 nitrogen and oxygen atoms in total. The van der Waals surface area contributed by atoms with Crippen molar-refractivity contribution in [1.82, 2.24) is 10.3 Å². The van der Waals surface area contributed by atoms with E-state index in [9.17, 15) is 0 Å². The number of hydrogen-bond acceptors (Lipinski definition) is 3. The molecule has 1 N–H and O–H groups in total. The molecule has 1 unspecified atom stereocenters. The molecular weight excluding hydrogens is 216 g/mol. The molecule has 1 heterocycles. The van der Waals surface area contributed by atoms with Gasteiger partial charge >= 0.3 is 0 Å². The molecule has 1 aromatic heterocycles. The van der Waals surface area contributed by atoms with E-state index in [4.69, 9.17) is 0 Å². The number of nitrogens with one attached hydrogen (secondary N) is 1. The zero-order chi connectivity index (χ0) is 11.5. The van der Waals surface area contributed by atoms with Gasteiger partial charge in [0, 0.05) is 10.9 Å². The van der Waals surface area contributed by atoms with Crippen molar-refractivity contribution in [3.05, 3.63) is 15.6 Å². The summed E-state index contributed by atoms with van der Waals surface area (Å²) in [7, 11) is 0. The number of hydrogen-bond donors (Lipinski definition) is 1. The quantitative estimate of drug-likeness (QED) is 0.867. The topological polar surface area (TPSA) is 24.9 Å². The lowest BCUT2D eigenvalue weighted by atomic mass is 10.1. The van der Waals surface area contributed by atoms with E-state index in [1.807, 2.05) is 0 Å². The third-order valence-corrected chi connectivity index (χ3v) is 4.44. The fraction of sp³-hybridized carbons (Fsp3) is 0.769. The molecule has 1 aliphatic carbocycles. The summed E-state index contributed by atoms with van der Waals surface area (Å²) in [6.45, 7) is 7.66. The molecule has 0 saturated heterocycles. The van der Waals surface area contributed by atoms with Gasteiger partial charge in [0.2, 0.25) is 0 Å². The largest absolute Gasteiger partial charge is 0.309 e. The second-order valence-corrected chi connectivity index (χ2v) is 6.36. The minimum absolute atomic E-state index is 0.408. The maximum Gasteiger partial charge on any atom is 0.0900 e. The van der Waals surface area contributed by atoms with Gasteiger partial charge in [-0.15, -0.1) is 11.3 Å². The van der Waals surface area contributed by atoms with Gasteiger partial charge in [-0.05, 0) is 46.1 Å². The van der Waals surface area contributed by atoms with Crippen LogP contribution in [0.4, 0.5) is 0 Å². The van der Waals surface area contributed by atoms with Crippen LogP contribution in [0.25, 0.3) is 0 Å². The zero-order valence-electron chi connectivity index (χ0n) is 10.5. The van der Waals surface area contributed by atoms with Crippen molar-refractivity contribution < 1.29 is 0 Å². The highest BCUT2D eigenvalue weighted by atomic mass is 32.1. The van der Waals surface area contributed by atoms with Crippen molar-refractivity contribution in [3.63, 3.8) is 0 Å². The maximum atomic E-state index is 4.61. The number of nitrogens with zero attached hydrogens (tertiary/aromatic N) is 1. The SMILES string of the molecule is Cc1nc(C(C)NCC2CCCC2)c(C)s1. The summed E-state index contributed by atoms with van der Waals surface area (Å²) < 4.78 is 0. The van der Waals surface area contributed by atoms with Gasteiger partial charge in [-0.1, -0.05) is 12.8 Å². The third-order valence-electron chi connectivity index (χ3n) is 3.54. The van der Waals surface area contributed by atoms with Crippen LogP contribution in [0.2, 0.25) is 0 Å². The second-order valence-electron chi connectivity index (χ2n) is 4.95. The number of aryl methyl sites for hydroxylation is 2. The van der Waals surface area contributed by atoms with E-state index in [-0.39, 0.29) is 0 Å². The molecule has 16 heavy (non-hydrogen) atoms. The van der Waals surface area contributed by atoms with Gasteiger partial charge in [-0.2, -0.15) is 0 Å². The van der Waals surface area contributed by atoms with Gasteiger partial charge in [0.25, 0.3) is 0 Å². The molecule has 0 spiro atoms. The summed E-state index contributed by atoms with van der Waals surface area (Å²) >= 11 is 1.80. The van der Waals surface area contributed by atoms with Crippen molar-refractivity contribution in [2.75, 3.05) is 6.54 Å². The van der Waals surface area contributed by atoms with Crippen LogP contribution < -0.4 is 5.32 Å². The van der Waals surface area contributed by atoms with Gasteiger partial charge in [0.15, 0.2) is 0 Å². The average molecular weight is 238 g/mol. The molecule has 0 amide bonds. The molecule has 1 aromatic rings. The molecule has 1 atom stereocenters. The average Bonchev–Trinajstić information content (AvgIpc) is 2.84. The number of thiazole rings is 1. The molecule has 0 aromatic carbocycles. The fourth-order valence-electron chi connectivity index (χ4n) is 2.60. The first-order chi connectivity index (χ1) is 7.66. The Labute approximate surface area is 102 Å². The highest BCUT2D eigenvalue weighted by Crippen LogP contribution is 2.26. The first-order valence-electron chi connectivity index (χ1n) is 6.34. The van der Waals surface area contributed by atoms with Crippen LogP contribution >= 0.6 is 11.3 Å². The van der Waals surface area contributed by atoms with E-state index in [0.717, 1.165) is 12.5 Å². The maximum absolute atomic E-state index is 4.61. The van der Waals surface area contributed by atoms with Gasteiger partial charge in [0.05, 0.1) is 10.7 Å². The molecule has 0 bridgehead atoms. The first kappa shape index (κ1) is 12.1. The Morgan fingerprint density at radius 1 is 1.38 bits per heavy atom. The van der Waals surface area contributed by atoms with Crippen LogP contribution in [0.5, 0.6) is 0 Å². The van der Waals surface area contributed by atoms with Crippen molar-refractivity contribution in [2.24, 2.45) is 5.92 Å². The Balaban J connectivity index is 1.87. The standard InChI is InChI=1S/C13H22N2S/c1-9(13-10(2)16-11(3)15-13)14-8-12-6-4-5-7-12/h9,12,14H,4-8H2,1-3H3. The van der Waals surface area contributed by atoms with Crippen molar-refractivity contribution in [2.45, 2.75) is 52.5 Å². The molecule has 2 rings (SSSR count). The Bertz CT molecular complexity index is 340. The monoisotopic (exact) mass is 238 g/mol. The Morgan fingerprint density at radius 2 is 2.06 bits per heavy atom. The van der Waals surface area contributed by atoms with Gasteiger partial charge in [-0.25, -0.2) is 4.98 Å². The van der Waals surface area contributed by atoms with Gasteiger partial charge in [-0.3, -0.25) is 0 Å². The molecule has 1 saturated carbocycles. The summed E-state index contributed by atoms with van der Waals surface area (Å²) in [5.74, 6) is 0.905. The molecule has 0 aliphatic heterocycles.